The Hall–Kier alpha value is -2.20. The lowest BCUT2D eigenvalue weighted by molar-refractivity contribution is 0.312. The van der Waals surface area contributed by atoms with E-state index in [-0.39, 0.29) is 5.28 Å². The van der Waals surface area contributed by atoms with Crippen LogP contribution in [-0.4, -0.2) is 21.6 Å². The van der Waals surface area contributed by atoms with Gasteiger partial charge in [-0.3, -0.25) is 4.98 Å². The Kier molecular flexibility index (Phi) is 3.74. The van der Waals surface area contributed by atoms with Crippen molar-refractivity contribution < 1.29 is 4.74 Å². The largest absolute Gasteiger partial charge is 0.477 e. The molecule has 1 aromatic carbocycles. The summed E-state index contributed by atoms with van der Waals surface area (Å²) in [7, 11) is 0. The van der Waals surface area contributed by atoms with E-state index < -0.39 is 0 Å². The average molecular weight is 286 g/mol. The normalized spacial score (nSPS) is 10.7. The number of hydrogen-bond donors (Lipinski definition) is 0. The van der Waals surface area contributed by atoms with Crippen LogP contribution in [0.3, 0.4) is 0 Å². The lowest BCUT2D eigenvalue weighted by atomic mass is 10.2. The molecule has 0 atom stereocenters. The van der Waals surface area contributed by atoms with Gasteiger partial charge in [-0.2, -0.15) is 4.98 Å². The van der Waals surface area contributed by atoms with Crippen LogP contribution in [0.4, 0.5) is 0 Å². The molecule has 0 fully saturated rings. The molecule has 0 N–H and O–H groups in total. The Morgan fingerprint density at radius 1 is 1.00 bits per heavy atom. The quantitative estimate of drug-likeness (QED) is 0.690. The second-order valence-corrected chi connectivity index (χ2v) is 4.57. The topological polar surface area (TPSA) is 47.9 Å². The predicted octanol–water partition coefficient (Wildman–Crippen LogP) is 3.30. The van der Waals surface area contributed by atoms with Crippen molar-refractivity contribution in [1.82, 2.24) is 15.0 Å². The van der Waals surface area contributed by atoms with Gasteiger partial charge in [0.25, 0.3) is 0 Å². The maximum absolute atomic E-state index is 5.91. The summed E-state index contributed by atoms with van der Waals surface area (Å²) in [6.07, 6.45) is 2.49. The van der Waals surface area contributed by atoms with Gasteiger partial charge in [-0.25, -0.2) is 4.98 Å². The molecule has 0 aliphatic heterocycles. The lowest BCUT2D eigenvalue weighted by Gasteiger charge is -2.08. The highest BCUT2D eigenvalue weighted by molar-refractivity contribution is 6.28. The molecule has 5 heteroatoms. The van der Waals surface area contributed by atoms with Crippen LogP contribution in [0, 0.1) is 0 Å². The molecule has 0 saturated carbocycles. The minimum atomic E-state index is 0.191. The number of benzene rings is 1. The number of fused-ring (bicyclic) bond motifs is 1. The molecule has 0 bridgehead atoms. The molecule has 3 rings (SSSR count). The standard InChI is InChI=1S/C15H12ClN3O/c16-15-18-13-7-2-1-6-12(13)14(19-15)20-10-8-11-5-3-4-9-17-11/h1-7,9H,8,10H2. The Bertz CT molecular complexity index is 719. The molecule has 0 saturated heterocycles. The third kappa shape index (κ3) is 2.86. The van der Waals surface area contributed by atoms with Crippen LogP contribution >= 0.6 is 11.6 Å². The molecule has 2 aromatic heterocycles. The van der Waals surface area contributed by atoms with Gasteiger partial charge in [-0.15, -0.1) is 0 Å². The smallest absolute Gasteiger partial charge is 0.226 e. The fraction of sp³-hybridized carbons (Fsp3) is 0.133. The first-order valence-corrected chi connectivity index (χ1v) is 6.66. The van der Waals surface area contributed by atoms with Crippen LogP contribution in [0.25, 0.3) is 10.9 Å². The predicted molar refractivity (Wildman–Crippen MR) is 78.0 cm³/mol. The number of pyridine rings is 1. The zero-order valence-electron chi connectivity index (χ0n) is 10.7. The maximum Gasteiger partial charge on any atom is 0.226 e. The van der Waals surface area contributed by atoms with Crippen molar-refractivity contribution >= 4 is 22.5 Å². The van der Waals surface area contributed by atoms with Crippen molar-refractivity contribution in [3.05, 3.63) is 59.6 Å². The van der Waals surface area contributed by atoms with Crippen LogP contribution < -0.4 is 4.74 Å². The van der Waals surface area contributed by atoms with Crippen molar-refractivity contribution in [3.8, 4) is 5.88 Å². The highest BCUT2D eigenvalue weighted by Crippen LogP contribution is 2.23. The third-order valence-corrected chi connectivity index (χ3v) is 3.03. The fourth-order valence-corrected chi connectivity index (χ4v) is 2.10. The number of para-hydroxylation sites is 1. The molecule has 20 heavy (non-hydrogen) atoms. The van der Waals surface area contributed by atoms with E-state index in [1.807, 2.05) is 42.5 Å². The molecule has 3 aromatic rings. The number of aromatic nitrogens is 3. The number of halogens is 1. The van der Waals surface area contributed by atoms with E-state index in [4.69, 9.17) is 16.3 Å². The molecular weight excluding hydrogens is 274 g/mol. The first-order chi connectivity index (χ1) is 9.83. The SMILES string of the molecule is Clc1nc(OCCc2ccccn2)c2ccccc2n1. The maximum atomic E-state index is 5.91. The van der Waals surface area contributed by atoms with Gasteiger partial charge in [0.15, 0.2) is 0 Å². The Balaban J connectivity index is 1.77. The van der Waals surface area contributed by atoms with Gasteiger partial charge >= 0.3 is 0 Å². The van der Waals surface area contributed by atoms with Crippen molar-refractivity contribution in [2.45, 2.75) is 6.42 Å². The number of nitrogens with zero attached hydrogens (tertiary/aromatic N) is 3. The van der Waals surface area contributed by atoms with Crippen LogP contribution in [0.2, 0.25) is 5.28 Å². The van der Waals surface area contributed by atoms with Gasteiger partial charge in [0, 0.05) is 18.3 Å². The first kappa shape index (κ1) is 12.8. The van der Waals surface area contributed by atoms with Gasteiger partial charge in [0.05, 0.1) is 17.5 Å². The van der Waals surface area contributed by atoms with Gasteiger partial charge in [0.2, 0.25) is 11.2 Å². The monoisotopic (exact) mass is 285 g/mol. The summed E-state index contributed by atoms with van der Waals surface area (Å²) in [6, 6.07) is 13.4. The van der Waals surface area contributed by atoms with Gasteiger partial charge in [-0.1, -0.05) is 18.2 Å². The van der Waals surface area contributed by atoms with Crippen molar-refractivity contribution in [3.63, 3.8) is 0 Å². The number of hydrogen-bond acceptors (Lipinski definition) is 4. The molecule has 0 unspecified atom stereocenters. The van der Waals surface area contributed by atoms with E-state index in [0.717, 1.165) is 23.0 Å². The summed E-state index contributed by atoms with van der Waals surface area (Å²) in [5.74, 6) is 0.511. The van der Waals surface area contributed by atoms with E-state index in [0.29, 0.717) is 12.5 Å². The zero-order valence-corrected chi connectivity index (χ0v) is 11.4. The van der Waals surface area contributed by atoms with E-state index >= 15 is 0 Å². The summed E-state index contributed by atoms with van der Waals surface area (Å²) < 4.78 is 5.73. The summed E-state index contributed by atoms with van der Waals surface area (Å²) in [6.45, 7) is 0.494. The minimum Gasteiger partial charge on any atom is -0.477 e. The molecular formula is C15H12ClN3O. The fourth-order valence-electron chi connectivity index (χ4n) is 1.93. The summed E-state index contributed by atoms with van der Waals surface area (Å²) in [5.41, 5.74) is 1.76. The van der Waals surface area contributed by atoms with E-state index in [1.165, 1.54) is 0 Å². The minimum absolute atomic E-state index is 0.191. The third-order valence-electron chi connectivity index (χ3n) is 2.86. The Morgan fingerprint density at radius 3 is 2.70 bits per heavy atom. The zero-order chi connectivity index (χ0) is 13.8. The molecule has 0 aliphatic rings. The summed E-state index contributed by atoms with van der Waals surface area (Å²) in [4.78, 5) is 12.6. The van der Waals surface area contributed by atoms with Crippen LogP contribution in [-0.2, 0) is 6.42 Å². The van der Waals surface area contributed by atoms with Crippen LogP contribution in [0.1, 0.15) is 5.69 Å². The molecule has 2 heterocycles. The Labute approximate surface area is 121 Å². The lowest BCUT2D eigenvalue weighted by Crippen LogP contribution is -2.05. The van der Waals surface area contributed by atoms with Gasteiger partial charge < -0.3 is 4.74 Å². The highest BCUT2D eigenvalue weighted by Gasteiger charge is 2.07. The Morgan fingerprint density at radius 2 is 1.85 bits per heavy atom. The summed E-state index contributed by atoms with van der Waals surface area (Å²) >= 11 is 5.91. The molecule has 4 nitrogen and oxygen atoms in total. The molecule has 0 spiro atoms. The molecule has 0 amide bonds. The first-order valence-electron chi connectivity index (χ1n) is 6.28. The van der Waals surface area contributed by atoms with E-state index in [2.05, 4.69) is 15.0 Å². The van der Waals surface area contributed by atoms with Crippen LogP contribution in [0.5, 0.6) is 5.88 Å². The number of ether oxygens (including phenoxy) is 1. The summed E-state index contributed by atoms with van der Waals surface area (Å²) in [5, 5.41) is 1.05. The highest BCUT2D eigenvalue weighted by atomic mass is 35.5. The molecule has 0 radical (unpaired) electrons. The second kappa shape index (κ2) is 5.84. The van der Waals surface area contributed by atoms with E-state index in [9.17, 15) is 0 Å². The van der Waals surface area contributed by atoms with E-state index in [1.54, 1.807) is 6.20 Å². The van der Waals surface area contributed by atoms with Crippen LogP contribution in [0.15, 0.2) is 48.7 Å². The number of rotatable bonds is 4. The average Bonchev–Trinajstić information content (AvgIpc) is 2.48. The van der Waals surface area contributed by atoms with Crippen molar-refractivity contribution in [1.29, 1.82) is 0 Å². The molecule has 0 aliphatic carbocycles. The second-order valence-electron chi connectivity index (χ2n) is 4.23. The molecule has 100 valence electrons. The van der Waals surface area contributed by atoms with Crippen molar-refractivity contribution in [2.75, 3.05) is 6.61 Å². The van der Waals surface area contributed by atoms with Gasteiger partial charge in [0.1, 0.15) is 0 Å². The van der Waals surface area contributed by atoms with Crippen molar-refractivity contribution in [2.24, 2.45) is 0 Å². The van der Waals surface area contributed by atoms with Gasteiger partial charge in [-0.05, 0) is 35.9 Å².